The average Bonchev–Trinajstić information content (AvgIpc) is 3.22. The molecule has 0 radical (unpaired) electrons. The van der Waals surface area contributed by atoms with Crippen LogP contribution in [0.4, 0.5) is 0 Å². The van der Waals surface area contributed by atoms with Gasteiger partial charge in [0.25, 0.3) is 0 Å². The van der Waals surface area contributed by atoms with Crippen LogP contribution in [0.2, 0.25) is 0 Å². The molecule has 2 atom stereocenters. The lowest BCUT2D eigenvalue weighted by molar-refractivity contribution is -0.123. The standard InChI is InChI=1S/C53H99NO3/c1-3-5-7-9-11-13-15-17-18-19-20-21-22-23-24-25-26-27-28-29-30-31-32-33-34-35-36-37-39-41-43-45-47-49-53(57)54-51(50-55)52(56)48-46-44-42-40-38-16-14-12-10-8-6-4-2/h10,12,23-24,38,40,46,48,51-52,55-56H,3-9,11,13-22,25-37,39,41-45,47,49-50H2,1-2H3,(H,54,57)/b12-10+,24-23-,40-38+,48-46+. The van der Waals surface area contributed by atoms with Crippen molar-refractivity contribution < 1.29 is 15.0 Å². The Morgan fingerprint density at radius 2 is 0.702 bits per heavy atom. The number of allylic oxidation sites excluding steroid dienone is 7. The van der Waals surface area contributed by atoms with Gasteiger partial charge in [0, 0.05) is 6.42 Å². The molecule has 0 rings (SSSR count). The smallest absolute Gasteiger partial charge is 0.220 e. The van der Waals surface area contributed by atoms with Gasteiger partial charge in [-0.25, -0.2) is 0 Å². The number of rotatable bonds is 46. The van der Waals surface area contributed by atoms with E-state index in [1.807, 2.05) is 6.08 Å². The van der Waals surface area contributed by atoms with Crippen molar-refractivity contribution in [3.8, 4) is 0 Å². The van der Waals surface area contributed by atoms with Gasteiger partial charge >= 0.3 is 0 Å². The molecular formula is C53H99NO3. The highest BCUT2D eigenvalue weighted by atomic mass is 16.3. The molecule has 0 bridgehead atoms. The molecule has 0 aliphatic carbocycles. The van der Waals surface area contributed by atoms with Gasteiger partial charge in [0.15, 0.2) is 0 Å². The van der Waals surface area contributed by atoms with Crippen molar-refractivity contribution in [3.05, 3.63) is 48.6 Å². The summed E-state index contributed by atoms with van der Waals surface area (Å²) < 4.78 is 0. The van der Waals surface area contributed by atoms with E-state index in [0.717, 1.165) is 38.5 Å². The SMILES string of the molecule is CCCC/C=C/CC/C=C/CC/C=C/C(O)C(CO)NC(=O)CCCCCCCCCCCCCCCCCCC/C=C\CCCCCCCCCCCCCC. The van der Waals surface area contributed by atoms with Crippen LogP contribution in [0.1, 0.15) is 264 Å². The number of carbonyl (C=O) groups excluding carboxylic acids is 1. The number of amides is 1. The molecule has 0 aromatic carbocycles. The van der Waals surface area contributed by atoms with Crippen LogP contribution >= 0.6 is 0 Å². The van der Waals surface area contributed by atoms with Crippen molar-refractivity contribution in [1.82, 2.24) is 5.32 Å². The van der Waals surface area contributed by atoms with Crippen molar-refractivity contribution in [2.75, 3.05) is 6.61 Å². The molecule has 0 saturated heterocycles. The number of unbranched alkanes of at least 4 members (excludes halogenated alkanes) is 33. The number of hydrogen-bond acceptors (Lipinski definition) is 3. The van der Waals surface area contributed by atoms with Gasteiger partial charge < -0.3 is 15.5 Å². The van der Waals surface area contributed by atoms with Crippen LogP contribution in [-0.4, -0.2) is 34.9 Å². The van der Waals surface area contributed by atoms with Gasteiger partial charge in [0.2, 0.25) is 5.91 Å². The molecule has 0 aliphatic heterocycles. The normalized spacial score (nSPS) is 13.3. The lowest BCUT2D eigenvalue weighted by atomic mass is 10.0. The maximum Gasteiger partial charge on any atom is 0.220 e. The largest absolute Gasteiger partial charge is 0.394 e. The van der Waals surface area contributed by atoms with E-state index in [-0.39, 0.29) is 12.5 Å². The first kappa shape index (κ1) is 55.4. The maximum absolute atomic E-state index is 12.4. The van der Waals surface area contributed by atoms with Crippen LogP contribution in [0.15, 0.2) is 48.6 Å². The van der Waals surface area contributed by atoms with Gasteiger partial charge in [0.1, 0.15) is 0 Å². The van der Waals surface area contributed by atoms with Gasteiger partial charge in [0.05, 0.1) is 18.8 Å². The monoisotopic (exact) mass is 798 g/mol. The molecule has 4 heteroatoms. The predicted molar refractivity (Wildman–Crippen MR) is 253 cm³/mol. The summed E-state index contributed by atoms with van der Waals surface area (Å²) in [5.74, 6) is -0.0772. The summed E-state index contributed by atoms with van der Waals surface area (Å²) >= 11 is 0. The quantitative estimate of drug-likeness (QED) is 0.0424. The van der Waals surface area contributed by atoms with Crippen LogP contribution in [0.25, 0.3) is 0 Å². The van der Waals surface area contributed by atoms with Crippen LogP contribution in [-0.2, 0) is 4.79 Å². The summed E-state index contributed by atoms with van der Waals surface area (Å²) in [5.41, 5.74) is 0. The number of carbonyl (C=O) groups is 1. The number of aliphatic hydroxyl groups excluding tert-OH is 2. The number of nitrogens with one attached hydrogen (secondary N) is 1. The first-order valence-electron chi connectivity index (χ1n) is 25.4. The fourth-order valence-electron chi connectivity index (χ4n) is 7.60. The Balaban J connectivity index is 3.44. The summed E-state index contributed by atoms with van der Waals surface area (Å²) in [6, 6.07) is -0.643. The van der Waals surface area contributed by atoms with Crippen molar-refractivity contribution in [2.45, 2.75) is 276 Å². The zero-order chi connectivity index (χ0) is 41.4. The van der Waals surface area contributed by atoms with Crippen LogP contribution in [0.3, 0.4) is 0 Å². The molecule has 2 unspecified atom stereocenters. The Kier molecular flexibility index (Phi) is 47.3. The zero-order valence-corrected chi connectivity index (χ0v) is 38.4. The van der Waals surface area contributed by atoms with E-state index in [1.54, 1.807) is 6.08 Å². The maximum atomic E-state index is 12.4. The third kappa shape index (κ3) is 45.3. The summed E-state index contributed by atoms with van der Waals surface area (Å²) in [5, 5.41) is 22.9. The molecule has 334 valence electrons. The second-order valence-electron chi connectivity index (χ2n) is 17.2. The lowest BCUT2D eigenvalue weighted by Gasteiger charge is -2.19. The minimum atomic E-state index is -0.868. The van der Waals surface area contributed by atoms with E-state index in [2.05, 4.69) is 55.6 Å². The molecule has 0 saturated carbocycles. The summed E-state index contributed by atoms with van der Waals surface area (Å²) in [6.07, 6.45) is 67.0. The highest BCUT2D eigenvalue weighted by molar-refractivity contribution is 5.76. The second-order valence-corrected chi connectivity index (χ2v) is 17.2. The van der Waals surface area contributed by atoms with Crippen molar-refractivity contribution in [1.29, 1.82) is 0 Å². The van der Waals surface area contributed by atoms with Gasteiger partial charge in [-0.05, 0) is 64.2 Å². The fraction of sp³-hybridized carbons (Fsp3) is 0.830. The first-order chi connectivity index (χ1) is 28.2. The minimum absolute atomic E-state index is 0.0772. The van der Waals surface area contributed by atoms with Gasteiger partial charge in [-0.2, -0.15) is 0 Å². The molecule has 3 N–H and O–H groups in total. The molecule has 0 aromatic rings. The summed E-state index contributed by atoms with van der Waals surface area (Å²) in [7, 11) is 0. The Morgan fingerprint density at radius 1 is 0.404 bits per heavy atom. The van der Waals surface area contributed by atoms with Gasteiger partial charge in [-0.1, -0.05) is 242 Å². The zero-order valence-electron chi connectivity index (χ0n) is 38.4. The minimum Gasteiger partial charge on any atom is -0.394 e. The first-order valence-corrected chi connectivity index (χ1v) is 25.4. The molecule has 0 heterocycles. The third-order valence-electron chi connectivity index (χ3n) is 11.5. The molecule has 0 fully saturated rings. The van der Waals surface area contributed by atoms with Gasteiger partial charge in [-0.15, -0.1) is 0 Å². The van der Waals surface area contributed by atoms with Crippen LogP contribution < -0.4 is 5.32 Å². The van der Waals surface area contributed by atoms with E-state index >= 15 is 0 Å². The van der Waals surface area contributed by atoms with E-state index < -0.39 is 12.1 Å². The van der Waals surface area contributed by atoms with Gasteiger partial charge in [-0.3, -0.25) is 4.79 Å². The lowest BCUT2D eigenvalue weighted by Crippen LogP contribution is -2.45. The number of aliphatic hydroxyl groups is 2. The van der Waals surface area contributed by atoms with E-state index in [4.69, 9.17) is 0 Å². The highest BCUT2D eigenvalue weighted by Gasteiger charge is 2.17. The molecule has 0 aliphatic rings. The third-order valence-corrected chi connectivity index (χ3v) is 11.5. The average molecular weight is 798 g/mol. The molecule has 0 spiro atoms. The van der Waals surface area contributed by atoms with E-state index in [1.165, 1.54) is 205 Å². The molecule has 0 aromatic heterocycles. The van der Waals surface area contributed by atoms with Crippen LogP contribution in [0, 0.1) is 0 Å². The van der Waals surface area contributed by atoms with E-state index in [9.17, 15) is 15.0 Å². The second kappa shape index (κ2) is 48.7. The Labute approximate surface area is 356 Å². The van der Waals surface area contributed by atoms with Crippen LogP contribution in [0.5, 0.6) is 0 Å². The van der Waals surface area contributed by atoms with Crippen molar-refractivity contribution in [3.63, 3.8) is 0 Å². The van der Waals surface area contributed by atoms with E-state index in [0.29, 0.717) is 6.42 Å². The van der Waals surface area contributed by atoms with Crippen molar-refractivity contribution in [2.24, 2.45) is 0 Å². The summed E-state index contributed by atoms with van der Waals surface area (Å²) in [4.78, 5) is 12.4. The number of hydrogen-bond donors (Lipinski definition) is 3. The topological polar surface area (TPSA) is 69.6 Å². The highest BCUT2D eigenvalue weighted by Crippen LogP contribution is 2.16. The van der Waals surface area contributed by atoms with Crippen molar-refractivity contribution >= 4 is 5.91 Å². The Morgan fingerprint density at radius 3 is 1.07 bits per heavy atom. The Hall–Kier alpha value is -1.65. The predicted octanol–water partition coefficient (Wildman–Crippen LogP) is 16.3. The molecule has 1 amide bonds. The molecular weight excluding hydrogens is 699 g/mol. The molecule has 4 nitrogen and oxygen atoms in total. The molecule has 57 heavy (non-hydrogen) atoms. The summed E-state index contributed by atoms with van der Waals surface area (Å²) in [6.45, 7) is 4.25. The Bertz CT molecular complexity index is 908. The fourth-order valence-corrected chi connectivity index (χ4v) is 7.60.